The number of nitrogens with one attached hydrogen (secondary N) is 2. The van der Waals surface area contributed by atoms with Crippen LogP contribution in [-0.4, -0.2) is 34.6 Å². The SMILES string of the molecule is O=C(O)CCc1csc(NC2CNC(=O)C2)n1. The van der Waals surface area contributed by atoms with Crippen molar-refractivity contribution in [2.24, 2.45) is 0 Å². The summed E-state index contributed by atoms with van der Waals surface area (Å²) >= 11 is 1.44. The van der Waals surface area contributed by atoms with Crippen LogP contribution in [0.4, 0.5) is 5.13 Å². The predicted molar refractivity (Wildman–Crippen MR) is 63.1 cm³/mol. The highest BCUT2D eigenvalue weighted by atomic mass is 32.1. The highest BCUT2D eigenvalue weighted by Crippen LogP contribution is 2.18. The predicted octanol–water partition coefficient (Wildman–Crippen LogP) is 0.461. The van der Waals surface area contributed by atoms with Crippen LogP contribution in [-0.2, 0) is 16.0 Å². The van der Waals surface area contributed by atoms with Gasteiger partial charge in [0.15, 0.2) is 5.13 Å². The van der Waals surface area contributed by atoms with Crippen LogP contribution in [0.5, 0.6) is 0 Å². The van der Waals surface area contributed by atoms with E-state index in [0.29, 0.717) is 19.4 Å². The number of thiazole rings is 1. The Hall–Kier alpha value is -1.63. The molecule has 0 saturated carbocycles. The van der Waals surface area contributed by atoms with Gasteiger partial charge in [-0.1, -0.05) is 0 Å². The van der Waals surface area contributed by atoms with Crippen molar-refractivity contribution < 1.29 is 14.7 Å². The molecule has 1 atom stereocenters. The fourth-order valence-electron chi connectivity index (χ4n) is 1.60. The lowest BCUT2D eigenvalue weighted by atomic mass is 10.2. The van der Waals surface area contributed by atoms with Crippen molar-refractivity contribution in [3.8, 4) is 0 Å². The van der Waals surface area contributed by atoms with Gasteiger partial charge in [-0.05, 0) is 0 Å². The number of amides is 1. The van der Waals surface area contributed by atoms with Gasteiger partial charge in [-0.2, -0.15) is 0 Å². The molecule has 6 nitrogen and oxygen atoms in total. The third-order valence-corrected chi connectivity index (χ3v) is 3.27. The maximum absolute atomic E-state index is 11.0. The van der Waals surface area contributed by atoms with Crippen molar-refractivity contribution in [1.29, 1.82) is 0 Å². The topological polar surface area (TPSA) is 91.3 Å². The molecule has 92 valence electrons. The molecule has 7 heteroatoms. The highest BCUT2D eigenvalue weighted by molar-refractivity contribution is 7.13. The third-order valence-electron chi connectivity index (χ3n) is 2.45. The number of anilines is 1. The average molecular weight is 255 g/mol. The lowest BCUT2D eigenvalue weighted by molar-refractivity contribution is -0.137. The van der Waals surface area contributed by atoms with Crippen LogP contribution in [0.1, 0.15) is 18.5 Å². The van der Waals surface area contributed by atoms with Crippen molar-refractivity contribution in [1.82, 2.24) is 10.3 Å². The Morgan fingerprint density at radius 3 is 3.18 bits per heavy atom. The van der Waals surface area contributed by atoms with Gasteiger partial charge < -0.3 is 15.7 Å². The van der Waals surface area contributed by atoms with Crippen molar-refractivity contribution in [2.75, 3.05) is 11.9 Å². The summed E-state index contributed by atoms with van der Waals surface area (Å²) in [7, 11) is 0. The number of hydrogen-bond donors (Lipinski definition) is 3. The van der Waals surface area contributed by atoms with Gasteiger partial charge in [0.1, 0.15) is 0 Å². The first-order valence-electron chi connectivity index (χ1n) is 5.33. The first-order valence-corrected chi connectivity index (χ1v) is 6.21. The summed E-state index contributed by atoms with van der Waals surface area (Å²) in [5, 5.41) is 17.0. The van der Waals surface area contributed by atoms with Crippen molar-refractivity contribution in [3.05, 3.63) is 11.1 Å². The first kappa shape index (κ1) is 11.8. The van der Waals surface area contributed by atoms with Crippen LogP contribution in [0.25, 0.3) is 0 Å². The van der Waals surface area contributed by atoms with Crippen LogP contribution in [0.15, 0.2) is 5.38 Å². The Kier molecular flexibility index (Phi) is 3.58. The molecule has 1 aromatic heterocycles. The second kappa shape index (κ2) is 5.13. The van der Waals surface area contributed by atoms with E-state index in [2.05, 4.69) is 15.6 Å². The zero-order chi connectivity index (χ0) is 12.3. The van der Waals surface area contributed by atoms with Crippen LogP contribution >= 0.6 is 11.3 Å². The molecule has 1 amide bonds. The lowest BCUT2D eigenvalue weighted by Gasteiger charge is -2.07. The molecule has 1 aliphatic rings. The van der Waals surface area contributed by atoms with Gasteiger partial charge in [-0.3, -0.25) is 9.59 Å². The number of aromatic nitrogens is 1. The number of nitrogens with zero attached hydrogens (tertiary/aromatic N) is 1. The molecule has 1 saturated heterocycles. The molecule has 17 heavy (non-hydrogen) atoms. The lowest BCUT2D eigenvalue weighted by Crippen LogP contribution is -2.22. The van der Waals surface area contributed by atoms with Gasteiger partial charge in [0.2, 0.25) is 5.91 Å². The van der Waals surface area contributed by atoms with Crippen molar-refractivity contribution in [2.45, 2.75) is 25.3 Å². The average Bonchev–Trinajstić information content (AvgIpc) is 2.86. The van der Waals surface area contributed by atoms with Crippen molar-refractivity contribution in [3.63, 3.8) is 0 Å². The van der Waals surface area contributed by atoms with E-state index in [1.54, 1.807) is 0 Å². The fourth-order valence-corrected chi connectivity index (χ4v) is 2.43. The minimum atomic E-state index is -0.821. The molecular formula is C10H13N3O3S. The summed E-state index contributed by atoms with van der Waals surface area (Å²) < 4.78 is 0. The molecule has 2 heterocycles. The molecule has 0 aromatic carbocycles. The van der Waals surface area contributed by atoms with E-state index in [0.717, 1.165) is 10.8 Å². The van der Waals surface area contributed by atoms with E-state index in [4.69, 9.17) is 5.11 Å². The Bertz CT molecular complexity index is 432. The monoisotopic (exact) mass is 255 g/mol. The molecule has 1 aliphatic heterocycles. The normalized spacial score (nSPS) is 19.1. The Labute approximate surface area is 102 Å². The minimum Gasteiger partial charge on any atom is -0.481 e. The van der Waals surface area contributed by atoms with Gasteiger partial charge in [0.25, 0.3) is 0 Å². The Morgan fingerprint density at radius 2 is 2.53 bits per heavy atom. The third kappa shape index (κ3) is 3.42. The number of aliphatic carboxylic acids is 1. The summed E-state index contributed by atoms with van der Waals surface area (Å²) in [5.41, 5.74) is 0.775. The number of rotatable bonds is 5. The molecule has 1 fully saturated rings. The van der Waals surface area contributed by atoms with Crippen LogP contribution in [0.2, 0.25) is 0 Å². The second-order valence-corrected chi connectivity index (χ2v) is 4.75. The molecule has 3 N–H and O–H groups in total. The van der Waals surface area contributed by atoms with E-state index in [1.165, 1.54) is 11.3 Å². The Balaban J connectivity index is 1.85. The van der Waals surface area contributed by atoms with Crippen LogP contribution in [0, 0.1) is 0 Å². The molecule has 1 aromatic rings. The maximum atomic E-state index is 11.0. The number of hydrogen-bond acceptors (Lipinski definition) is 5. The van der Waals surface area contributed by atoms with Gasteiger partial charge in [0, 0.05) is 24.8 Å². The molecule has 0 radical (unpaired) electrons. The van der Waals surface area contributed by atoms with Crippen LogP contribution in [0.3, 0.4) is 0 Å². The largest absolute Gasteiger partial charge is 0.481 e. The number of carbonyl (C=O) groups is 2. The van der Waals surface area contributed by atoms with E-state index < -0.39 is 5.97 Å². The van der Waals surface area contributed by atoms with Gasteiger partial charge >= 0.3 is 5.97 Å². The Morgan fingerprint density at radius 1 is 1.71 bits per heavy atom. The molecule has 1 unspecified atom stereocenters. The number of carboxylic acids is 1. The zero-order valence-electron chi connectivity index (χ0n) is 9.10. The summed E-state index contributed by atoms with van der Waals surface area (Å²) in [6.45, 7) is 0.614. The van der Waals surface area contributed by atoms with E-state index in [-0.39, 0.29) is 18.4 Å². The number of carboxylic acid groups (broad SMARTS) is 1. The number of aryl methyl sites for hydroxylation is 1. The van der Waals surface area contributed by atoms with Gasteiger partial charge in [-0.25, -0.2) is 4.98 Å². The van der Waals surface area contributed by atoms with Gasteiger partial charge in [-0.15, -0.1) is 11.3 Å². The summed E-state index contributed by atoms with van der Waals surface area (Å²) in [5.74, 6) is -0.775. The fraction of sp³-hybridized carbons (Fsp3) is 0.500. The zero-order valence-corrected chi connectivity index (χ0v) is 9.92. The standard InChI is InChI=1S/C10H13N3O3S/c14-8-3-7(4-11-8)13-10-12-6(5-17-10)1-2-9(15)16/h5,7H,1-4H2,(H,11,14)(H,12,13)(H,15,16). The maximum Gasteiger partial charge on any atom is 0.303 e. The van der Waals surface area contributed by atoms with Crippen molar-refractivity contribution >= 4 is 28.3 Å². The summed E-state index contributed by atoms with van der Waals surface area (Å²) in [4.78, 5) is 25.7. The smallest absolute Gasteiger partial charge is 0.303 e. The molecule has 0 spiro atoms. The molecular weight excluding hydrogens is 242 g/mol. The quantitative estimate of drug-likeness (QED) is 0.711. The molecule has 0 aliphatic carbocycles. The second-order valence-electron chi connectivity index (χ2n) is 3.89. The number of carbonyl (C=O) groups excluding carboxylic acids is 1. The molecule has 0 bridgehead atoms. The first-order chi connectivity index (χ1) is 8.13. The summed E-state index contributed by atoms with van der Waals surface area (Å²) in [6.07, 6.45) is 0.992. The highest BCUT2D eigenvalue weighted by Gasteiger charge is 2.21. The summed E-state index contributed by atoms with van der Waals surface area (Å²) in [6, 6.07) is 0.0842. The minimum absolute atomic E-state index is 0.0464. The molecule has 2 rings (SSSR count). The van der Waals surface area contributed by atoms with E-state index in [1.807, 2.05) is 5.38 Å². The van der Waals surface area contributed by atoms with E-state index >= 15 is 0 Å². The van der Waals surface area contributed by atoms with Crippen LogP contribution < -0.4 is 10.6 Å². The van der Waals surface area contributed by atoms with E-state index in [9.17, 15) is 9.59 Å². The van der Waals surface area contributed by atoms with Gasteiger partial charge in [0.05, 0.1) is 18.2 Å².